The number of carbonyl (C=O) groups is 3. The fourth-order valence-electron chi connectivity index (χ4n) is 3.83. The van der Waals surface area contributed by atoms with Gasteiger partial charge in [-0.05, 0) is 29.3 Å². The van der Waals surface area contributed by atoms with Crippen LogP contribution in [-0.2, 0) is 14.3 Å². The summed E-state index contributed by atoms with van der Waals surface area (Å²) in [5.41, 5.74) is 1.96. The van der Waals surface area contributed by atoms with Gasteiger partial charge in [0.2, 0.25) is 11.3 Å². The molecule has 9 nitrogen and oxygen atoms in total. The molecule has 0 aliphatic carbocycles. The topological polar surface area (TPSA) is 115 Å². The summed E-state index contributed by atoms with van der Waals surface area (Å²) in [6, 6.07) is 14.3. The summed E-state index contributed by atoms with van der Waals surface area (Å²) in [5, 5.41) is 18.6. The summed E-state index contributed by atoms with van der Waals surface area (Å²) in [6.07, 6.45) is 1.55. The molecule has 0 aromatic heterocycles. The van der Waals surface area contributed by atoms with Gasteiger partial charge in [-0.2, -0.15) is 0 Å². The number of anilines is 1. The van der Waals surface area contributed by atoms with Gasteiger partial charge in [0, 0.05) is 37.2 Å². The number of ether oxygens (including phenoxy) is 1. The normalized spacial score (nSPS) is 15.1. The predicted molar refractivity (Wildman–Crippen MR) is 122 cm³/mol. The Morgan fingerprint density at radius 2 is 1.94 bits per heavy atom. The number of benzene rings is 2. The molecule has 1 aliphatic heterocycles. The highest BCUT2D eigenvalue weighted by molar-refractivity contribution is 6.08. The van der Waals surface area contributed by atoms with Crippen molar-refractivity contribution in [2.45, 2.75) is 12.3 Å². The van der Waals surface area contributed by atoms with Crippen molar-refractivity contribution in [3.8, 4) is 0 Å². The van der Waals surface area contributed by atoms with Crippen molar-refractivity contribution in [2.75, 3.05) is 25.6 Å². The first-order chi connectivity index (χ1) is 15.8. The Morgan fingerprint density at radius 1 is 1.24 bits per heavy atom. The average molecular weight is 447 g/mol. The van der Waals surface area contributed by atoms with Crippen LogP contribution in [0.25, 0.3) is 11.1 Å². The van der Waals surface area contributed by atoms with Gasteiger partial charge in [-0.3, -0.25) is 19.3 Å². The van der Waals surface area contributed by atoms with Crippen LogP contribution in [0.3, 0.4) is 0 Å². The second-order valence-electron chi connectivity index (χ2n) is 7.38. The molecule has 1 N–H and O–H groups in total. The van der Waals surface area contributed by atoms with Gasteiger partial charge in [0.1, 0.15) is 0 Å². The number of imide groups is 1. The molecule has 1 atom stereocenters. The van der Waals surface area contributed by atoms with Crippen molar-refractivity contribution in [1.29, 1.82) is 5.39 Å². The van der Waals surface area contributed by atoms with Gasteiger partial charge >= 0.3 is 17.5 Å². The molecule has 1 heterocycles. The minimum Gasteiger partial charge on any atom is -0.475 e. The Kier molecular flexibility index (Phi) is 6.88. The monoisotopic (exact) mass is 447 g/mol. The summed E-state index contributed by atoms with van der Waals surface area (Å²) >= 11 is 0. The highest BCUT2D eigenvalue weighted by atomic mass is 16.6. The number of aliphatic hydroxyl groups is 1. The zero-order chi connectivity index (χ0) is 24.1. The minimum absolute atomic E-state index is 0.106. The zero-order valence-electron chi connectivity index (χ0n) is 18.3. The fourth-order valence-corrected chi connectivity index (χ4v) is 3.83. The van der Waals surface area contributed by atoms with Crippen LogP contribution in [0.2, 0.25) is 0 Å². The number of hydrogen-bond donors (Lipinski definition) is 1. The molecule has 0 saturated carbocycles. The van der Waals surface area contributed by atoms with Crippen LogP contribution < -0.4 is 4.90 Å². The minimum atomic E-state index is -1.03. The van der Waals surface area contributed by atoms with E-state index in [9.17, 15) is 19.5 Å². The standard InChI is InChI=1S/C24H22N4O5/c1-4-15-11-8-12-18-20(15)17(14-28(18)22(30)16-9-6-5-7-10-16)13-19(29)27(2)23(31)21(26-25)24(32)33-3/h4-12,17H,1,13-14H2,2-3H3/p+1. The second kappa shape index (κ2) is 9.78. The number of hydrogen-bond acceptors (Lipinski definition) is 6. The number of fused-ring (bicyclic) bond motifs is 1. The first-order valence-corrected chi connectivity index (χ1v) is 10.1. The first-order valence-electron chi connectivity index (χ1n) is 10.1. The largest absolute Gasteiger partial charge is 0.527 e. The van der Waals surface area contributed by atoms with E-state index >= 15 is 0 Å². The Morgan fingerprint density at radius 3 is 2.55 bits per heavy atom. The number of rotatable bonds is 6. The maximum absolute atomic E-state index is 13.2. The molecule has 0 bridgehead atoms. The van der Waals surface area contributed by atoms with E-state index in [1.807, 2.05) is 24.3 Å². The Bertz CT molecular complexity index is 1180. The molecule has 2 aromatic rings. The van der Waals surface area contributed by atoms with E-state index in [1.54, 1.807) is 35.2 Å². The number of aliphatic hydroxyl groups excluding tert-OH is 1. The van der Waals surface area contributed by atoms with E-state index in [0.717, 1.165) is 23.1 Å². The Hall–Kier alpha value is -4.45. The summed E-state index contributed by atoms with van der Waals surface area (Å²) in [6.45, 7) is 4.07. The lowest BCUT2D eigenvalue weighted by molar-refractivity contribution is -0.141. The molecule has 168 valence electrons. The molecule has 9 heteroatoms. The maximum atomic E-state index is 13.2. The Labute approximate surface area is 190 Å². The molecule has 0 fully saturated rings. The highest BCUT2D eigenvalue weighted by Crippen LogP contribution is 2.41. The van der Waals surface area contributed by atoms with E-state index < -0.39 is 29.4 Å². The van der Waals surface area contributed by atoms with E-state index in [1.165, 1.54) is 7.05 Å². The quantitative estimate of drug-likeness (QED) is 0.410. The number of amides is 3. The van der Waals surface area contributed by atoms with E-state index in [2.05, 4.69) is 16.3 Å². The number of methoxy groups -OCH3 is 1. The molecule has 3 amide bonds. The molecular weight excluding hydrogens is 424 g/mol. The van der Waals surface area contributed by atoms with Crippen LogP contribution in [0, 0.1) is 5.39 Å². The maximum Gasteiger partial charge on any atom is 0.527 e. The average Bonchev–Trinajstić information content (AvgIpc) is 3.22. The molecule has 1 unspecified atom stereocenters. The van der Waals surface area contributed by atoms with Crippen molar-refractivity contribution < 1.29 is 24.2 Å². The lowest BCUT2D eigenvalue weighted by Gasteiger charge is -2.18. The number of diazo groups is 1. The molecule has 3 rings (SSSR count). The van der Waals surface area contributed by atoms with Crippen molar-refractivity contribution in [1.82, 2.24) is 4.90 Å². The number of nitrogens with zero attached hydrogens (tertiary/aromatic N) is 4. The number of carbonyl (C=O) groups excluding carboxylic acids is 3. The van der Waals surface area contributed by atoms with Crippen LogP contribution in [-0.4, -0.2) is 48.4 Å². The van der Waals surface area contributed by atoms with Crippen molar-refractivity contribution in [3.63, 3.8) is 0 Å². The third kappa shape index (κ3) is 4.45. The van der Waals surface area contributed by atoms with Gasteiger partial charge in [0.15, 0.2) is 4.98 Å². The van der Waals surface area contributed by atoms with Crippen LogP contribution in [0.4, 0.5) is 5.69 Å². The third-order valence-electron chi connectivity index (χ3n) is 5.50. The van der Waals surface area contributed by atoms with Crippen LogP contribution in [0.1, 0.15) is 33.8 Å². The van der Waals surface area contributed by atoms with Crippen LogP contribution in [0.15, 0.2) is 66.8 Å². The molecular formula is C24H23N4O5+. The van der Waals surface area contributed by atoms with Gasteiger partial charge < -0.3 is 14.7 Å². The van der Waals surface area contributed by atoms with E-state index in [-0.39, 0.29) is 18.9 Å². The summed E-state index contributed by atoms with van der Waals surface area (Å²) in [5.74, 6) is -3.14. The SMILES string of the molecule is C=Cc1cccc2c1C(CC(=O)N(C)C(=O)/C([N+]#N)=C(\O)OC)CN2C(=O)c1ccccc1. The van der Waals surface area contributed by atoms with Crippen molar-refractivity contribution in [2.24, 2.45) is 0 Å². The predicted octanol–water partition coefficient (Wildman–Crippen LogP) is 3.68. The van der Waals surface area contributed by atoms with Gasteiger partial charge in [-0.25, -0.2) is 0 Å². The fraction of sp³-hybridized carbons (Fsp3) is 0.208. The Balaban J connectivity index is 1.91. The lowest BCUT2D eigenvalue weighted by Crippen LogP contribution is -2.36. The first kappa shape index (κ1) is 23.2. The summed E-state index contributed by atoms with van der Waals surface area (Å²) in [4.78, 5) is 43.7. The van der Waals surface area contributed by atoms with Crippen molar-refractivity contribution in [3.05, 3.63) is 88.4 Å². The van der Waals surface area contributed by atoms with E-state index in [0.29, 0.717) is 11.3 Å². The highest BCUT2D eigenvalue weighted by Gasteiger charge is 2.39. The van der Waals surface area contributed by atoms with Crippen LogP contribution in [0.5, 0.6) is 0 Å². The van der Waals surface area contributed by atoms with Gasteiger partial charge in [-0.1, -0.05) is 43.0 Å². The number of likely N-dealkylation sites (N-methyl/N-ethyl adjacent to an activating group) is 1. The third-order valence-corrected chi connectivity index (χ3v) is 5.50. The molecule has 0 radical (unpaired) electrons. The van der Waals surface area contributed by atoms with Gasteiger partial charge in [0.25, 0.3) is 5.91 Å². The summed E-state index contributed by atoms with van der Waals surface area (Å²) in [7, 11) is 2.29. The zero-order valence-corrected chi connectivity index (χ0v) is 18.3. The molecule has 1 aliphatic rings. The van der Waals surface area contributed by atoms with Gasteiger partial charge in [0.05, 0.1) is 7.11 Å². The summed E-state index contributed by atoms with van der Waals surface area (Å²) < 4.78 is 4.51. The lowest BCUT2D eigenvalue weighted by atomic mass is 9.92. The molecule has 33 heavy (non-hydrogen) atoms. The van der Waals surface area contributed by atoms with E-state index in [4.69, 9.17) is 5.39 Å². The van der Waals surface area contributed by atoms with Crippen molar-refractivity contribution >= 4 is 29.5 Å². The molecule has 0 saturated heterocycles. The van der Waals surface area contributed by atoms with Crippen LogP contribution >= 0.6 is 0 Å². The second-order valence-corrected chi connectivity index (χ2v) is 7.38. The smallest absolute Gasteiger partial charge is 0.475 e. The van der Waals surface area contributed by atoms with Gasteiger partial charge in [-0.15, -0.1) is 0 Å². The molecule has 2 aromatic carbocycles. The molecule has 0 spiro atoms.